The van der Waals surface area contributed by atoms with Crippen LogP contribution in [-0.2, 0) is 4.79 Å². The number of Topliss-reactive ketones (excluding diaryl/α,β-unsaturated/α-hetero) is 1. The number of hydrogen-bond acceptors (Lipinski definition) is 1. The van der Waals surface area contributed by atoms with Crippen LogP contribution in [0.5, 0.6) is 0 Å². The van der Waals surface area contributed by atoms with E-state index in [1.807, 2.05) is 48.5 Å². The minimum atomic E-state index is -0.353. The van der Waals surface area contributed by atoms with Gasteiger partial charge in [-0.1, -0.05) is 48.5 Å². The van der Waals surface area contributed by atoms with Gasteiger partial charge in [0, 0.05) is 0 Å². The average Bonchev–Trinajstić information content (AvgIpc) is 2.73. The third-order valence-electron chi connectivity index (χ3n) is 3.30. The normalized spacial score (nSPS) is 12.4. The predicted molar refractivity (Wildman–Crippen MR) is 68.4 cm³/mol. The quantitative estimate of drug-likeness (QED) is 0.447. The highest BCUT2D eigenvalue weighted by atomic mass is 16.1. The number of ketones is 1. The summed E-state index contributed by atoms with van der Waals surface area (Å²) in [4.78, 5) is 14.9. The zero-order chi connectivity index (χ0) is 12.5. The lowest BCUT2D eigenvalue weighted by atomic mass is 9.93. The van der Waals surface area contributed by atoms with E-state index in [9.17, 15) is 4.79 Å². The molecule has 0 fully saturated rings. The zero-order valence-corrected chi connectivity index (χ0v) is 9.58. The molecule has 2 aromatic rings. The molecule has 3 nitrogen and oxygen atoms in total. The van der Waals surface area contributed by atoms with E-state index in [-0.39, 0.29) is 11.7 Å². The minimum absolute atomic E-state index is 0.199. The van der Waals surface area contributed by atoms with Crippen LogP contribution in [0.15, 0.2) is 48.5 Å². The van der Waals surface area contributed by atoms with Crippen molar-refractivity contribution in [3.63, 3.8) is 0 Å². The molecule has 0 aliphatic heterocycles. The van der Waals surface area contributed by atoms with E-state index in [1.54, 1.807) is 0 Å². The molecule has 0 unspecified atom stereocenters. The first-order chi connectivity index (χ1) is 8.83. The molecule has 0 amide bonds. The second kappa shape index (κ2) is 4.06. The lowest BCUT2D eigenvalue weighted by Gasteiger charge is -2.06. The van der Waals surface area contributed by atoms with Crippen LogP contribution in [0.1, 0.15) is 17.0 Å². The molecule has 0 aromatic heterocycles. The summed E-state index contributed by atoms with van der Waals surface area (Å²) < 4.78 is 0. The topological polar surface area (TPSA) is 53.5 Å². The first kappa shape index (κ1) is 10.6. The van der Waals surface area contributed by atoms with Gasteiger partial charge in [0.05, 0.1) is 5.92 Å². The summed E-state index contributed by atoms with van der Waals surface area (Å²) >= 11 is 0. The van der Waals surface area contributed by atoms with Gasteiger partial charge >= 0.3 is 6.21 Å². The monoisotopic (exact) mass is 234 g/mol. The summed E-state index contributed by atoms with van der Waals surface area (Å²) in [6.07, 6.45) is 0.976. The molecule has 0 heterocycles. The highest BCUT2D eigenvalue weighted by molar-refractivity contribution is 6.30. The fourth-order valence-electron chi connectivity index (χ4n) is 2.59. The molecule has 1 aliphatic rings. The van der Waals surface area contributed by atoms with Gasteiger partial charge in [-0.3, -0.25) is 4.79 Å². The molecule has 3 heteroatoms. The van der Waals surface area contributed by atoms with Crippen LogP contribution in [0, 0.1) is 0 Å². The van der Waals surface area contributed by atoms with E-state index >= 15 is 0 Å². The maximum absolute atomic E-state index is 12.1. The Kier molecular flexibility index (Phi) is 2.40. The Balaban J connectivity index is 2.27. The number of hydrogen-bond donors (Lipinski definition) is 0. The van der Waals surface area contributed by atoms with Crippen molar-refractivity contribution >= 4 is 12.0 Å². The smallest absolute Gasteiger partial charge is 0.324 e. The number of rotatable bonds is 2. The third-order valence-corrected chi connectivity index (χ3v) is 3.30. The van der Waals surface area contributed by atoms with Gasteiger partial charge in [0.15, 0.2) is 0 Å². The zero-order valence-electron chi connectivity index (χ0n) is 9.58. The molecule has 18 heavy (non-hydrogen) atoms. The van der Waals surface area contributed by atoms with Gasteiger partial charge in [-0.15, -0.1) is 0 Å². The number of carbonyl (C=O) groups excluding carboxylic acids is 1. The van der Waals surface area contributed by atoms with E-state index in [0.29, 0.717) is 0 Å². The van der Waals surface area contributed by atoms with Gasteiger partial charge in [-0.2, -0.15) is 4.79 Å². The summed E-state index contributed by atoms with van der Waals surface area (Å²) in [6.45, 7) is 0. The maximum Gasteiger partial charge on any atom is 0.324 e. The molecule has 0 saturated carbocycles. The van der Waals surface area contributed by atoms with E-state index in [0.717, 1.165) is 28.5 Å². The summed E-state index contributed by atoms with van der Waals surface area (Å²) in [5.74, 6) is -0.553. The summed E-state index contributed by atoms with van der Waals surface area (Å²) in [5, 5.41) is 0. The highest BCUT2D eigenvalue weighted by Crippen LogP contribution is 2.44. The van der Waals surface area contributed by atoms with Crippen molar-refractivity contribution < 1.29 is 9.58 Å². The standard InChI is InChI=1S/C15H10N2O/c16-17-9-14(18)15-12-7-3-1-5-10(12)11-6-2-4-8-13(11)15/h1-9,15H. The van der Waals surface area contributed by atoms with Crippen molar-refractivity contribution in [1.82, 2.24) is 0 Å². The molecule has 0 bridgehead atoms. The molecule has 1 aliphatic carbocycles. The van der Waals surface area contributed by atoms with E-state index < -0.39 is 0 Å². The molecule has 0 saturated heterocycles. The molecule has 0 atom stereocenters. The molecular formula is C15H10N2O. The van der Waals surface area contributed by atoms with Gasteiger partial charge in [-0.25, -0.2) is 0 Å². The summed E-state index contributed by atoms with van der Waals surface area (Å²) in [7, 11) is 0. The third kappa shape index (κ3) is 1.42. The number of benzene rings is 2. The summed E-state index contributed by atoms with van der Waals surface area (Å²) in [6, 6.07) is 15.7. The van der Waals surface area contributed by atoms with E-state index in [2.05, 4.69) is 4.79 Å². The minimum Gasteiger partial charge on any atom is -0.361 e. The van der Waals surface area contributed by atoms with Crippen molar-refractivity contribution in [2.24, 2.45) is 0 Å². The maximum atomic E-state index is 12.1. The Morgan fingerprint density at radius 1 is 1.00 bits per heavy atom. The van der Waals surface area contributed by atoms with Gasteiger partial charge < -0.3 is 5.53 Å². The molecule has 0 N–H and O–H groups in total. The lowest BCUT2D eigenvalue weighted by Crippen LogP contribution is -2.13. The number of nitrogens with zero attached hydrogens (tertiary/aromatic N) is 2. The van der Waals surface area contributed by atoms with E-state index in [1.165, 1.54) is 0 Å². The van der Waals surface area contributed by atoms with Crippen LogP contribution < -0.4 is 0 Å². The van der Waals surface area contributed by atoms with Crippen LogP contribution in [0.2, 0.25) is 0 Å². The van der Waals surface area contributed by atoms with Crippen LogP contribution in [-0.4, -0.2) is 16.8 Å². The molecular weight excluding hydrogens is 224 g/mol. The molecule has 0 radical (unpaired) electrons. The Bertz CT molecular complexity index is 639. The van der Waals surface area contributed by atoms with Crippen LogP contribution in [0.25, 0.3) is 16.7 Å². The Labute approximate surface area is 104 Å². The fraction of sp³-hybridized carbons (Fsp3) is 0.0667. The summed E-state index contributed by atoms with van der Waals surface area (Å²) in [5.41, 5.74) is 12.7. The number of fused-ring (bicyclic) bond motifs is 3. The van der Waals surface area contributed by atoms with Crippen molar-refractivity contribution in [3.05, 3.63) is 65.2 Å². The highest BCUT2D eigenvalue weighted by Gasteiger charge is 2.33. The second-order valence-corrected chi connectivity index (χ2v) is 4.25. The first-order valence-electron chi connectivity index (χ1n) is 5.72. The van der Waals surface area contributed by atoms with E-state index in [4.69, 9.17) is 5.53 Å². The van der Waals surface area contributed by atoms with Crippen molar-refractivity contribution in [2.75, 3.05) is 0 Å². The van der Waals surface area contributed by atoms with Gasteiger partial charge in [0.1, 0.15) is 0 Å². The Morgan fingerprint density at radius 2 is 1.50 bits per heavy atom. The van der Waals surface area contributed by atoms with Gasteiger partial charge in [0.25, 0.3) is 0 Å². The van der Waals surface area contributed by atoms with Crippen LogP contribution in [0.4, 0.5) is 0 Å². The first-order valence-corrected chi connectivity index (χ1v) is 5.72. The van der Waals surface area contributed by atoms with Crippen LogP contribution in [0.3, 0.4) is 0 Å². The van der Waals surface area contributed by atoms with Gasteiger partial charge in [0.2, 0.25) is 5.78 Å². The molecule has 86 valence electrons. The lowest BCUT2D eigenvalue weighted by molar-refractivity contribution is -0.116. The second-order valence-electron chi connectivity index (χ2n) is 4.25. The molecule has 2 aromatic carbocycles. The van der Waals surface area contributed by atoms with Gasteiger partial charge in [-0.05, 0) is 22.3 Å². The average molecular weight is 234 g/mol. The molecule has 0 spiro atoms. The number of carbonyl (C=O) groups is 1. The van der Waals surface area contributed by atoms with Crippen molar-refractivity contribution in [2.45, 2.75) is 5.92 Å². The Hall–Kier alpha value is -2.51. The molecule has 3 rings (SSSR count). The largest absolute Gasteiger partial charge is 0.361 e. The predicted octanol–water partition coefficient (Wildman–Crippen LogP) is 2.67. The van der Waals surface area contributed by atoms with Crippen molar-refractivity contribution in [3.8, 4) is 11.1 Å². The SMILES string of the molecule is [N-]=[N+]=CC(=O)C1c2ccccc2-c2ccccc21. The Morgan fingerprint density at radius 3 is 2.00 bits per heavy atom. The van der Waals surface area contributed by atoms with Crippen molar-refractivity contribution in [1.29, 1.82) is 0 Å². The van der Waals surface area contributed by atoms with Crippen LogP contribution >= 0.6 is 0 Å². The fourth-order valence-corrected chi connectivity index (χ4v) is 2.59.